The van der Waals surface area contributed by atoms with Crippen LogP contribution in [-0.4, -0.2) is 55.1 Å². The fourth-order valence-corrected chi connectivity index (χ4v) is 0.967. The molecule has 0 saturated heterocycles. The second-order valence-corrected chi connectivity index (χ2v) is 3.94. The van der Waals surface area contributed by atoms with Crippen LogP contribution in [0.3, 0.4) is 0 Å². The SMILES string of the molecule is CC(C(=O)O)=C(C)C(=O)NCCNC(=O)N(C)C. The topological polar surface area (TPSA) is 98.7 Å². The molecule has 0 fully saturated rings. The van der Waals surface area contributed by atoms with Crippen LogP contribution in [-0.2, 0) is 9.59 Å². The fraction of sp³-hybridized carbons (Fsp3) is 0.545. The predicted molar refractivity (Wildman–Crippen MR) is 66.1 cm³/mol. The summed E-state index contributed by atoms with van der Waals surface area (Å²) in [4.78, 5) is 34.7. The molecule has 0 aliphatic rings. The van der Waals surface area contributed by atoms with Gasteiger partial charge in [-0.2, -0.15) is 0 Å². The molecule has 0 aliphatic carbocycles. The van der Waals surface area contributed by atoms with Gasteiger partial charge in [-0.3, -0.25) is 4.79 Å². The number of aliphatic carboxylic acids is 1. The van der Waals surface area contributed by atoms with Gasteiger partial charge in [-0.25, -0.2) is 9.59 Å². The van der Waals surface area contributed by atoms with Crippen molar-refractivity contribution in [2.45, 2.75) is 13.8 Å². The molecule has 0 atom stereocenters. The summed E-state index contributed by atoms with van der Waals surface area (Å²) in [6, 6.07) is -0.252. The van der Waals surface area contributed by atoms with E-state index in [9.17, 15) is 14.4 Å². The zero-order valence-corrected chi connectivity index (χ0v) is 11.0. The standard InChI is InChI=1S/C11H19N3O4/c1-7(8(2)10(16)17)9(15)12-5-6-13-11(18)14(3)4/h5-6H2,1-4H3,(H,12,15)(H,13,18)(H,16,17). The Labute approximate surface area is 106 Å². The van der Waals surface area contributed by atoms with Gasteiger partial charge in [0.15, 0.2) is 0 Å². The average Bonchev–Trinajstić information content (AvgIpc) is 2.31. The highest BCUT2D eigenvalue weighted by molar-refractivity contribution is 6.01. The van der Waals surface area contributed by atoms with Gasteiger partial charge in [0.1, 0.15) is 0 Å². The van der Waals surface area contributed by atoms with E-state index in [1.165, 1.54) is 18.7 Å². The van der Waals surface area contributed by atoms with Crippen molar-refractivity contribution in [3.8, 4) is 0 Å². The summed E-state index contributed by atoms with van der Waals surface area (Å²) in [5, 5.41) is 13.8. The molecule has 0 bridgehead atoms. The predicted octanol–water partition coefficient (Wildman–Crippen LogP) is -0.205. The second kappa shape index (κ2) is 7.31. The normalized spacial score (nSPS) is 11.3. The van der Waals surface area contributed by atoms with Crippen LogP contribution in [0.1, 0.15) is 13.8 Å². The average molecular weight is 257 g/mol. The van der Waals surface area contributed by atoms with Crippen LogP contribution >= 0.6 is 0 Å². The number of nitrogens with zero attached hydrogens (tertiary/aromatic N) is 1. The molecular weight excluding hydrogens is 238 g/mol. The lowest BCUT2D eigenvalue weighted by atomic mass is 10.1. The summed E-state index contributed by atoms with van der Waals surface area (Å²) >= 11 is 0. The molecule has 0 radical (unpaired) electrons. The zero-order chi connectivity index (χ0) is 14.3. The molecule has 0 spiro atoms. The number of nitrogens with one attached hydrogen (secondary N) is 2. The van der Waals surface area contributed by atoms with Crippen molar-refractivity contribution in [2.75, 3.05) is 27.2 Å². The molecule has 0 unspecified atom stereocenters. The van der Waals surface area contributed by atoms with Gasteiger partial charge in [-0.15, -0.1) is 0 Å². The van der Waals surface area contributed by atoms with Crippen LogP contribution < -0.4 is 10.6 Å². The van der Waals surface area contributed by atoms with Crippen molar-refractivity contribution in [2.24, 2.45) is 0 Å². The molecular formula is C11H19N3O4. The third kappa shape index (κ3) is 5.33. The van der Waals surface area contributed by atoms with Crippen LogP contribution in [0.15, 0.2) is 11.1 Å². The number of urea groups is 1. The van der Waals surface area contributed by atoms with Crippen LogP contribution in [0, 0.1) is 0 Å². The first kappa shape index (κ1) is 16.0. The molecule has 0 aromatic carbocycles. The van der Waals surface area contributed by atoms with Gasteiger partial charge in [-0.05, 0) is 13.8 Å². The first-order chi connectivity index (χ1) is 8.27. The van der Waals surface area contributed by atoms with Gasteiger partial charge in [0.05, 0.1) is 0 Å². The Bertz CT molecular complexity index is 374. The maximum atomic E-state index is 11.5. The van der Waals surface area contributed by atoms with Crippen molar-refractivity contribution >= 4 is 17.9 Å². The summed E-state index contributed by atoms with van der Waals surface area (Å²) in [6.07, 6.45) is 0. The van der Waals surface area contributed by atoms with E-state index >= 15 is 0 Å². The molecule has 7 nitrogen and oxygen atoms in total. The highest BCUT2D eigenvalue weighted by Crippen LogP contribution is 2.02. The molecule has 0 aromatic heterocycles. The number of carboxylic acids is 1. The number of rotatable bonds is 5. The molecule has 0 heterocycles. The van der Waals surface area contributed by atoms with E-state index in [1.54, 1.807) is 14.1 Å². The zero-order valence-electron chi connectivity index (χ0n) is 11.0. The number of hydrogen-bond donors (Lipinski definition) is 3. The van der Waals surface area contributed by atoms with E-state index in [0.717, 1.165) is 0 Å². The molecule has 18 heavy (non-hydrogen) atoms. The largest absolute Gasteiger partial charge is 0.478 e. The molecule has 0 aromatic rings. The van der Waals surface area contributed by atoms with Crippen LogP contribution in [0.5, 0.6) is 0 Å². The van der Waals surface area contributed by atoms with Gasteiger partial charge in [0.25, 0.3) is 0 Å². The van der Waals surface area contributed by atoms with E-state index in [-0.39, 0.29) is 30.3 Å². The Kier molecular flexibility index (Phi) is 6.48. The van der Waals surface area contributed by atoms with Crippen molar-refractivity contribution < 1.29 is 19.5 Å². The Morgan fingerprint density at radius 1 is 1.00 bits per heavy atom. The van der Waals surface area contributed by atoms with Crippen molar-refractivity contribution in [3.63, 3.8) is 0 Å². The van der Waals surface area contributed by atoms with E-state index < -0.39 is 11.9 Å². The first-order valence-corrected chi connectivity index (χ1v) is 5.41. The summed E-state index contributed by atoms with van der Waals surface area (Å²) in [7, 11) is 3.22. The Morgan fingerprint density at radius 3 is 1.94 bits per heavy atom. The molecule has 0 saturated carbocycles. The second-order valence-electron chi connectivity index (χ2n) is 3.94. The Hall–Kier alpha value is -2.05. The summed E-state index contributed by atoms with van der Waals surface area (Å²) < 4.78 is 0. The van der Waals surface area contributed by atoms with E-state index in [4.69, 9.17) is 5.11 Å². The number of carboxylic acid groups (broad SMARTS) is 1. The Balaban J connectivity index is 4.10. The fourth-order valence-electron chi connectivity index (χ4n) is 0.967. The molecule has 3 amide bonds. The molecule has 102 valence electrons. The van der Waals surface area contributed by atoms with E-state index in [2.05, 4.69) is 10.6 Å². The maximum Gasteiger partial charge on any atom is 0.331 e. The van der Waals surface area contributed by atoms with Gasteiger partial charge in [0, 0.05) is 38.3 Å². The van der Waals surface area contributed by atoms with Crippen molar-refractivity contribution in [1.82, 2.24) is 15.5 Å². The molecule has 7 heteroatoms. The lowest BCUT2D eigenvalue weighted by Crippen LogP contribution is -2.39. The third-order valence-electron chi connectivity index (χ3n) is 2.32. The van der Waals surface area contributed by atoms with Gasteiger partial charge < -0.3 is 20.6 Å². The highest BCUT2D eigenvalue weighted by Gasteiger charge is 2.12. The maximum absolute atomic E-state index is 11.5. The summed E-state index contributed by atoms with van der Waals surface area (Å²) in [5.41, 5.74) is 0.159. The third-order valence-corrected chi connectivity index (χ3v) is 2.32. The number of amides is 3. The highest BCUT2D eigenvalue weighted by atomic mass is 16.4. The Morgan fingerprint density at radius 2 is 1.50 bits per heavy atom. The summed E-state index contributed by atoms with van der Waals surface area (Å²) in [5.74, 6) is -1.57. The summed E-state index contributed by atoms with van der Waals surface area (Å²) in [6.45, 7) is 3.33. The number of hydrogen-bond acceptors (Lipinski definition) is 3. The van der Waals surface area contributed by atoms with Crippen molar-refractivity contribution in [1.29, 1.82) is 0 Å². The van der Waals surface area contributed by atoms with Gasteiger partial charge in [-0.1, -0.05) is 0 Å². The van der Waals surface area contributed by atoms with Gasteiger partial charge in [0.2, 0.25) is 5.91 Å². The lowest BCUT2D eigenvalue weighted by Gasteiger charge is -2.12. The minimum atomic E-state index is -1.12. The minimum Gasteiger partial charge on any atom is -0.478 e. The number of carbonyl (C=O) groups excluding carboxylic acids is 2. The monoisotopic (exact) mass is 257 g/mol. The number of carbonyl (C=O) groups is 3. The van der Waals surface area contributed by atoms with E-state index in [1.807, 2.05) is 0 Å². The van der Waals surface area contributed by atoms with Crippen LogP contribution in [0.4, 0.5) is 4.79 Å². The van der Waals surface area contributed by atoms with Crippen LogP contribution in [0.2, 0.25) is 0 Å². The van der Waals surface area contributed by atoms with Gasteiger partial charge >= 0.3 is 12.0 Å². The molecule has 0 aliphatic heterocycles. The minimum absolute atomic E-state index is 0.00447. The lowest BCUT2D eigenvalue weighted by molar-refractivity contribution is -0.133. The van der Waals surface area contributed by atoms with Crippen molar-refractivity contribution in [3.05, 3.63) is 11.1 Å². The van der Waals surface area contributed by atoms with Crippen LogP contribution in [0.25, 0.3) is 0 Å². The first-order valence-electron chi connectivity index (χ1n) is 5.41. The smallest absolute Gasteiger partial charge is 0.331 e. The van der Waals surface area contributed by atoms with E-state index in [0.29, 0.717) is 0 Å². The quantitative estimate of drug-likeness (QED) is 0.469. The molecule has 0 rings (SSSR count). The molecule has 3 N–H and O–H groups in total.